The third-order valence-corrected chi connectivity index (χ3v) is 3.36. The summed E-state index contributed by atoms with van der Waals surface area (Å²) in [5.41, 5.74) is 1.80. The molecular formula is C12H15F4NS. The normalized spacial score (nSPS) is 13.6. The van der Waals surface area contributed by atoms with Crippen molar-refractivity contribution in [1.29, 1.82) is 0 Å². The van der Waals surface area contributed by atoms with Gasteiger partial charge in [-0.25, -0.2) is 4.39 Å². The molecule has 1 aromatic carbocycles. The van der Waals surface area contributed by atoms with Crippen molar-refractivity contribution in [3.8, 4) is 0 Å². The highest BCUT2D eigenvalue weighted by molar-refractivity contribution is 8.00. The fourth-order valence-electron chi connectivity index (χ4n) is 1.62. The molecule has 18 heavy (non-hydrogen) atoms. The summed E-state index contributed by atoms with van der Waals surface area (Å²) in [6, 6.07) is 6.26. The minimum Gasteiger partial charge on any atom is -0.330 e. The van der Waals surface area contributed by atoms with Crippen LogP contribution in [0.3, 0.4) is 0 Å². The lowest BCUT2D eigenvalue weighted by molar-refractivity contribution is -0.0328. The molecule has 0 saturated carbocycles. The molecule has 0 heterocycles. The zero-order chi connectivity index (χ0) is 13.6. The Kier molecular flexibility index (Phi) is 5.95. The van der Waals surface area contributed by atoms with Crippen LogP contribution in [0.1, 0.15) is 12.0 Å². The third-order valence-electron chi connectivity index (χ3n) is 2.59. The molecule has 0 aliphatic rings. The van der Waals surface area contributed by atoms with E-state index in [-0.39, 0.29) is 35.8 Å². The molecule has 6 heteroatoms. The lowest BCUT2D eigenvalue weighted by Gasteiger charge is -2.15. The Labute approximate surface area is 108 Å². The van der Waals surface area contributed by atoms with Crippen molar-refractivity contribution in [3.05, 3.63) is 35.6 Å². The predicted octanol–water partition coefficient (Wildman–Crippen LogP) is 3.59. The predicted molar refractivity (Wildman–Crippen MR) is 65.8 cm³/mol. The van der Waals surface area contributed by atoms with Crippen molar-refractivity contribution >= 4 is 11.8 Å². The van der Waals surface area contributed by atoms with Crippen molar-refractivity contribution in [2.45, 2.75) is 18.3 Å². The number of benzene rings is 1. The summed E-state index contributed by atoms with van der Waals surface area (Å²) in [5.74, 6) is -0.504. The molecule has 0 spiro atoms. The van der Waals surface area contributed by atoms with Crippen molar-refractivity contribution in [3.63, 3.8) is 0 Å². The number of hydrogen-bond acceptors (Lipinski definition) is 2. The smallest absolute Gasteiger partial charge is 0.330 e. The minimum atomic E-state index is -4.21. The van der Waals surface area contributed by atoms with Crippen LogP contribution in [0.2, 0.25) is 0 Å². The van der Waals surface area contributed by atoms with Crippen LogP contribution in [0.5, 0.6) is 0 Å². The maximum atomic E-state index is 13.4. The van der Waals surface area contributed by atoms with E-state index in [0.717, 1.165) is 0 Å². The van der Waals surface area contributed by atoms with Crippen LogP contribution in [0, 0.1) is 11.7 Å². The van der Waals surface area contributed by atoms with Gasteiger partial charge in [0, 0.05) is 5.75 Å². The van der Waals surface area contributed by atoms with E-state index in [1.165, 1.54) is 6.07 Å². The van der Waals surface area contributed by atoms with E-state index in [1.807, 2.05) is 0 Å². The SMILES string of the molecule is NCC(CCSC(F)(F)F)Cc1ccccc1F. The van der Waals surface area contributed by atoms with E-state index >= 15 is 0 Å². The molecule has 1 atom stereocenters. The first-order valence-electron chi connectivity index (χ1n) is 5.56. The lowest BCUT2D eigenvalue weighted by Crippen LogP contribution is -2.19. The van der Waals surface area contributed by atoms with Gasteiger partial charge in [-0.15, -0.1) is 0 Å². The maximum Gasteiger partial charge on any atom is 0.441 e. The average molecular weight is 281 g/mol. The van der Waals surface area contributed by atoms with Gasteiger partial charge in [0.05, 0.1) is 0 Å². The number of hydrogen-bond donors (Lipinski definition) is 1. The molecule has 1 rings (SSSR count). The zero-order valence-corrected chi connectivity index (χ0v) is 10.5. The maximum absolute atomic E-state index is 13.4. The molecule has 0 radical (unpaired) electrons. The Morgan fingerprint density at radius 2 is 1.89 bits per heavy atom. The second-order valence-electron chi connectivity index (χ2n) is 3.98. The Hall–Kier alpha value is -0.750. The molecule has 0 fully saturated rings. The number of thioether (sulfide) groups is 1. The lowest BCUT2D eigenvalue weighted by atomic mass is 9.97. The van der Waals surface area contributed by atoms with E-state index in [2.05, 4.69) is 0 Å². The fraction of sp³-hybridized carbons (Fsp3) is 0.500. The highest BCUT2D eigenvalue weighted by Gasteiger charge is 2.28. The highest BCUT2D eigenvalue weighted by Crippen LogP contribution is 2.31. The van der Waals surface area contributed by atoms with Crippen molar-refractivity contribution in [2.24, 2.45) is 11.7 Å². The van der Waals surface area contributed by atoms with Gasteiger partial charge in [-0.3, -0.25) is 0 Å². The van der Waals surface area contributed by atoms with Crippen LogP contribution in [-0.4, -0.2) is 17.8 Å². The quantitative estimate of drug-likeness (QED) is 0.806. The van der Waals surface area contributed by atoms with Crippen molar-refractivity contribution in [1.82, 2.24) is 0 Å². The van der Waals surface area contributed by atoms with Gasteiger partial charge in [-0.05, 0) is 36.9 Å². The monoisotopic (exact) mass is 281 g/mol. The first-order chi connectivity index (χ1) is 8.42. The summed E-state index contributed by atoms with van der Waals surface area (Å²) in [7, 11) is 0. The second-order valence-corrected chi connectivity index (χ2v) is 5.14. The van der Waals surface area contributed by atoms with Gasteiger partial charge < -0.3 is 5.73 Å². The molecule has 0 aromatic heterocycles. The number of halogens is 4. The zero-order valence-electron chi connectivity index (χ0n) is 9.71. The molecule has 1 nitrogen and oxygen atoms in total. The van der Waals surface area contributed by atoms with Crippen LogP contribution >= 0.6 is 11.8 Å². The van der Waals surface area contributed by atoms with Crippen molar-refractivity contribution in [2.75, 3.05) is 12.3 Å². The molecule has 0 saturated heterocycles. The van der Waals surface area contributed by atoms with Gasteiger partial charge >= 0.3 is 5.51 Å². The molecule has 2 N–H and O–H groups in total. The molecule has 0 aliphatic carbocycles. The van der Waals surface area contributed by atoms with Gasteiger partial charge in [0.15, 0.2) is 0 Å². The first-order valence-corrected chi connectivity index (χ1v) is 6.55. The van der Waals surface area contributed by atoms with Gasteiger partial charge in [0.25, 0.3) is 0 Å². The first kappa shape index (κ1) is 15.3. The number of rotatable bonds is 6. The topological polar surface area (TPSA) is 26.0 Å². The Bertz CT molecular complexity index is 367. The fourth-order valence-corrected chi connectivity index (χ4v) is 2.30. The minimum absolute atomic E-state index is 0.0418. The molecule has 0 amide bonds. The summed E-state index contributed by atoms with van der Waals surface area (Å²) < 4.78 is 49.3. The Morgan fingerprint density at radius 3 is 2.44 bits per heavy atom. The van der Waals surface area contributed by atoms with Crippen LogP contribution < -0.4 is 5.73 Å². The largest absolute Gasteiger partial charge is 0.441 e. The summed E-state index contributed by atoms with van der Waals surface area (Å²) in [6.45, 7) is 0.257. The standard InChI is InChI=1S/C12H15F4NS/c13-11-4-2-1-3-10(11)7-9(8-17)5-6-18-12(14,15)16/h1-4,9H,5-8,17H2. The van der Waals surface area contributed by atoms with Crippen LogP contribution in [0.25, 0.3) is 0 Å². The number of nitrogens with two attached hydrogens (primary N) is 1. The summed E-state index contributed by atoms with van der Waals surface area (Å²) in [6.07, 6.45) is 0.705. The van der Waals surface area contributed by atoms with E-state index in [9.17, 15) is 17.6 Å². The van der Waals surface area contributed by atoms with E-state index < -0.39 is 5.51 Å². The van der Waals surface area contributed by atoms with Gasteiger partial charge in [-0.1, -0.05) is 30.0 Å². The summed E-state index contributed by atoms with van der Waals surface area (Å²) in [5, 5.41) is 0. The van der Waals surface area contributed by atoms with Gasteiger partial charge in [0.2, 0.25) is 0 Å². The molecule has 1 unspecified atom stereocenters. The van der Waals surface area contributed by atoms with Crippen molar-refractivity contribution < 1.29 is 17.6 Å². The molecule has 0 bridgehead atoms. The second kappa shape index (κ2) is 6.99. The third kappa shape index (κ3) is 5.73. The molecular weight excluding hydrogens is 266 g/mol. The molecule has 0 aliphatic heterocycles. The van der Waals surface area contributed by atoms with E-state index in [4.69, 9.17) is 5.73 Å². The van der Waals surface area contributed by atoms with E-state index in [0.29, 0.717) is 18.4 Å². The Morgan fingerprint density at radius 1 is 1.22 bits per heavy atom. The average Bonchev–Trinajstić information content (AvgIpc) is 2.29. The number of alkyl halides is 3. The molecule has 102 valence electrons. The van der Waals surface area contributed by atoms with Gasteiger partial charge in [-0.2, -0.15) is 13.2 Å². The van der Waals surface area contributed by atoms with Crippen LogP contribution in [-0.2, 0) is 6.42 Å². The molecule has 1 aromatic rings. The van der Waals surface area contributed by atoms with E-state index in [1.54, 1.807) is 18.2 Å². The Balaban J connectivity index is 2.45. The van der Waals surface area contributed by atoms with Crippen LogP contribution in [0.4, 0.5) is 17.6 Å². The van der Waals surface area contributed by atoms with Gasteiger partial charge in [0.1, 0.15) is 5.82 Å². The summed E-state index contributed by atoms with van der Waals surface area (Å²) in [4.78, 5) is 0. The highest BCUT2D eigenvalue weighted by atomic mass is 32.2. The van der Waals surface area contributed by atoms with Crippen LogP contribution in [0.15, 0.2) is 24.3 Å². The summed E-state index contributed by atoms with van der Waals surface area (Å²) >= 11 is -0.0573.